The van der Waals surface area contributed by atoms with Gasteiger partial charge in [0.2, 0.25) is 0 Å². The van der Waals surface area contributed by atoms with Gasteiger partial charge in [0.05, 0.1) is 6.61 Å². The molecule has 4 heteroatoms. The van der Waals surface area contributed by atoms with Gasteiger partial charge >= 0.3 is 5.97 Å². The van der Waals surface area contributed by atoms with E-state index in [0.29, 0.717) is 29.7 Å². The zero-order chi connectivity index (χ0) is 17.9. The lowest BCUT2D eigenvalue weighted by Gasteiger charge is -2.14. The maximum atomic E-state index is 12.1. The van der Waals surface area contributed by atoms with E-state index in [0.717, 1.165) is 32.1 Å². The monoisotopic (exact) mass is 334 g/mol. The normalized spacial score (nSPS) is 14.9. The lowest BCUT2D eigenvalue weighted by atomic mass is 9.88. The van der Waals surface area contributed by atoms with E-state index in [1.807, 2.05) is 0 Å². The Hall–Kier alpha value is -1.71. The standard InChI is InChI=1S/C20H30O4/c1-15-16(2)20(23)18(14-19(15)22)12-10-8-6-4-5-7-9-11-13-24-17(3)21/h14H,4-13H2,1-3H3. The third-order valence-corrected chi connectivity index (χ3v) is 4.52. The van der Waals surface area contributed by atoms with E-state index in [2.05, 4.69) is 0 Å². The van der Waals surface area contributed by atoms with Crippen molar-refractivity contribution in [1.29, 1.82) is 0 Å². The highest BCUT2D eigenvalue weighted by molar-refractivity contribution is 6.22. The van der Waals surface area contributed by atoms with Crippen molar-refractivity contribution in [3.63, 3.8) is 0 Å². The van der Waals surface area contributed by atoms with Gasteiger partial charge in [-0.05, 0) is 39.2 Å². The first-order valence-corrected chi connectivity index (χ1v) is 9.04. The highest BCUT2D eigenvalue weighted by Crippen LogP contribution is 2.22. The predicted molar refractivity (Wildman–Crippen MR) is 94.7 cm³/mol. The lowest BCUT2D eigenvalue weighted by molar-refractivity contribution is -0.141. The van der Waals surface area contributed by atoms with E-state index in [-0.39, 0.29) is 17.5 Å². The van der Waals surface area contributed by atoms with Crippen LogP contribution in [0.1, 0.15) is 78.6 Å². The van der Waals surface area contributed by atoms with Gasteiger partial charge in [0.15, 0.2) is 11.6 Å². The summed E-state index contributed by atoms with van der Waals surface area (Å²) >= 11 is 0. The van der Waals surface area contributed by atoms with Gasteiger partial charge in [-0.15, -0.1) is 0 Å². The van der Waals surface area contributed by atoms with Crippen molar-refractivity contribution in [3.05, 3.63) is 22.8 Å². The van der Waals surface area contributed by atoms with Crippen LogP contribution in [-0.2, 0) is 19.1 Å². The Kier molecular flexibility index (Phi) is 9.28. The molecule has 0 bridgehead atoms. The summed E-state index contributed by atoms with van der Waals surface area (Å²) in [5.74, 6) is -0.181. The minimum Gasteiger partial charge on any atom is -0.466 e. The van der Waals surface area contributed by atoms with Gasteiger partial charge in [-0.2, -0.15) is 0 Å². The molecule has 0 amide bonds. The molecule has 0 aliphatic heterocycles. The summed E-state index contributed by atoms with van der Waals surface area (Å²) in [6.45, 7) is 5.43. The Morgan fingerprint density at radius 2 is 1.42 bits per heavy atom. The van der Waals surface area contributed by atoms with Crippen molar-refractivity contribution < 1.29 is 19.1 Å². The second kappa shape index (κ2) is 11.0. The van der Waals surface area contributed by atoms with Crippen LogP contribution in [0.15, 0.2) is 22.8 Å². The lowest BCUT2D eigenvalue weighted by Crippen LogP contribution is -2.16. The second-order valence-corrected chi connectivity index (χ2v) is 6.53. The van der Waals surface area contributed by atoms with Gasteiger partial charge in [0.1, 0.15) is 0 Å². The van der Waals surface area contributed by atoms with Gasteiger partial charge in [-0.25, -0.2) is 0 Å². The predicted octanol–water partition coefficient (Wildman–Crippen LogP) is 4.48. The van der Waals surface area contributed by atoms with Crippen molar-refractivity contribution in [2.45, 2.75) is 78.6 Å². The number of unbranched alkanes of at least 4 members (excludes halogenated alkanes) is 7. The van der Waals surface area contributed by atoms with Gasteiger partial charge in [-0.3, -0.25) is 14.4 Å². The molecule has 0 aromatic heterocycles. The number of hydrogen-bond acceptors (Lipinski definition) is 4. The van der Waals surface area contributed by atoms with Gasteiger partial charge in [-0.1, -0.05) is 38.5 Å². The molecule has 0 spiro atoms. The van der Waals surface area contributed by atoms with E-state index < -0.39 is 0 Å². The summed E-state index contributed by atoms with van der Waals surface area (Å²) in [6, 6.07) is 0. The summed E-state index contributed by atoms with van der Waals surface area (Å²) < 4.78 is 4.89. The molecule has 4 nitrogen and oxygen atoms in total. The molecular formula is C20H30O4. The number of Topliss-reactive ketones (excluding diaryl/α,β-unsaturated/α-hetero) is 1. The highest BCUT2D eigenvalue weighted by atomic mass is 16.5. The second-order valence-electron chi connectivity index (χ2n) is 6.53. The van der Waals surface area contributed by atoms with E-state index in [9.17, 15) is 14.4 Å². The molecule has 0 N–H and O–H groups in total. The zero-order valence-corrected chi connectivity index (χ0v) is 15.3. The molecule has 0 saturated carbocycles. The molecule has 1 rings (SSSR count). The minimum atomic E-state index is -0.205. The first kappa shape index (κ1) is 20.3. The molecule has 0 aromatic carbocycles. The van der Waals surface area contributed by atoms with Crippen LogP contribution in [0, 0.1) is 0 Å². The molecule has 1 aliphatic carbocycles. The maximum absolute atomic E-state index is 12.1. The Labute approximate surface area is 145 Å². The fourth-order valence-corrected chi connectivity index (χ4v) is 2.81. The third kappa shape index (κ3) is 7.24. The summed E-state index contributed by atoms with van der Waals surface area (Å²) in [5.41, 5.74) is 1.86. The van der Waals surface area contributed by atoms with Crippen LogP contribution in [0.2, 0.25) is 0 Å². The molecule has 0 atom stereocenters. The summed E-state index contributed by atoms with van der Waals surface area (Å²) in [6.07, 6.45) is 11.0. The van der Waals surface area contributed by atoms with Crippen LogP contribution in [0.3, 0.4) is 0 Å². The molecule has 24 heavy (non-hydrogen) atoms. The number of ketones is 2. The van der Waals surface area contributed by atoms with E-state index >= 15 is 0 Å². The Morgan fingerprint density at radius 1 is 0.875 bits per heavy atom. The molecule has 0 fully saturated rings. The fraction of sp³-hybridized carbons (Fsp3) is 0.650. The molecule has 134 valence electrons. The molecule has 0 saturated heterocycles. The number of carbonyl (C=O) groups is 3. The number of esters is 1. The first-order valence-electron chi connectivity index (χ1n) is 9.04. The summed E-state index contributed by atoms with van der Waals surface area (Å²) in [7, 11) is 0. The summed E-state index contributed by atoms with van der Waals surface area (Å²) in [4.78, 5) is 34.5. The molecule has 0 radical (unpaired) electrons. The molecule has 0 heterocycles. The van der Waals surface area contributed by atoms with Crippen molar-refractivity contribution >= 4 is 17.5 Å². The van der Waals surface area contributed by atoms with Crippen LogP contribution < -0.4 is 0 Å². The molecule has 0 aromatic rings. The van der Waals surface area contributed by atoms with Crippen LogP contribution in [0.4, 0.5) is 0 Å². The van der Waals surface area contributed by atoms with Gasteiger partial charge < -0.3 is 4.74 Å². The molecule has 0 unspecified atom stereocenters. The topological polar surface area (TPSA) is 60.4 Å². The van der Waals surface area contributed by atoms with Crippen molar-refractivity contribution in [2.24, 2.45) is 0 Å². The quantitative estimate of drug-likeness (QED) is 0.318. The van der Waals surface area contributed by atoms with Crippen LogP contribution in [-0.4, -0.2) is 24.1 Å². The van der Waals surface area contributed by atoms with E-state index in [4.69, 9.17) is 4.74 Å². The van der Waals surface area contributed by atoms with E-state index in [1.54, 1.807) is 13.8 Å². The van der Waals surface area contributed by atoms with Crippen LogP contribution in [0.5, 0.6) is 0 Å². The largest absolute Gasteiger partial charge is 0.466 e. The average Bonchev–Trinajstić information content (AvgIpc) is 2.54. The van der Waals surface area contributed by atoms with Gasteiger partial charge in [0, 0.05) is 23.6 Å². The minimum absolute atomic E-state index is 0.0177. The number of rotatable bonds is 11. The Morgan fingerprint density at radius 3 is 2.00 bits per heavy atom. The molecular weight excluding hydrogens is 304 g/mol. The van der Waals surface area contributed by atoms with Crippen molar-refractivity contribution in [3.8, 4) is 0 Å². The van der Waals surface area contributed by atoms with Crippen LogP contribution in [0.25, 0.3) is 0 Å². The fourth-order valence-electron chi connectivity index (χ4n) is 2.81. The van der Waals surface area contributed by atoms with Crippen molar-refractivity contribution in [2.75, 3.05) is 6.61 Å². The highest BCUT2D eigenvalue weighted by Gasteiger charge is 2.22. The Bertz CT molecular complexity index is 526. The van der Waals surface area contributed by atoms with Gasteiger partial charge in [0.25, 0.3) is 0 Å². The maximum Gasteiger partial charge on any atom is 0.302 e. The number of allylic oxidation sites excluding steroid dienone is 4. The number of hydrogen-bond donors (Lipinski definition) is 0. The SMILES string of the molecule is CC(=O)OCCCCCCCCCCC1=CC(=O)C(C)=C(C)C1=O. The Balaban J connectivity index is 2.03. The number of ether oxygens (including phenoxy) is 1. The first-order chi connectivity index (χ1) is 11.4. The third-order valence-electron chi connectivity index (χ3n) is 4.52. The number of carbonyl (C=O) groups excluding carboxylic acids is 3. The average molecular weight is 334 g/mol. The summed E-state index contributed by atoms with van der Waals surface area (Å²) in [5, 5.41) is 0. The van der Waals surface area contributed by atoms with E-state index in [1.165, 1.54) is 32.3 Å². The van der Waals surface area contributed by atoms with Crippen molar-refractivity contribution in [1.82, 2.24) is 0 Å². The smallest absolute Gasteiger partial charge is 0.302 e. The van der Waals surface area contributed by atoms with Crippen LogP contribution >= 0.6 is 0 Å². The zero-order valence-electron chi connectivity index (χ0n) is 15.3. The molecule has 1 aliphatic rings.